The third-order valence-corrected chi connectivity index (χ3v) is 4.23. The number of hydrogen-bond donors (Lipinski definition) is 1. The van der Waals surface area contributed by atoms with Crippen LogP contribution in [-0.4, -0.2) is 28.4 Å². The number of anilines is 1. The van der Waals surface area contributed by atoms with Gasteiger partial charge in [0, 0.05) is 23.1 Å². The molecule has 0 aliphatic rings. The highest BCUT2D eigenvalue weighted by Gasteiger charge is 2.13. The lowest BCUT2D eigenvalue weighted by molar-refractivity contribution is -0.384. The van der Waals surface area contributed by atoms with Crippen LogP contribution in [0.25, 0.3) is 11.3 Å². The quantitative estimate of drug-likeness (QED) is 0.396. The molecule has 0 unspecified atom stereocenters. The summed E-state index contributed by atoms with van der Waals surface area (Å²) in [5.41, 5.74) is 1.65. The van der Waals surface area contributed by atoms with E-state index in [9.17, 15) is 19.7 Å². The number of rotatable bonds is 6. The van der Waals surface area contributed by atoms with Gasteiger partial charge in [-0.25, -0.2) is 9.78 Å². The van der Waals surface area contributed by atoms with E-state index >= 15 is 0 Å². The predicted octanol–water partition coefficient (Wildman–Crippen LogP) is 3.51. The van der Waals surface area contributed by atoms with Crippen molar-refractivity contribution in [3.63, 3.8) is 0 Å². The highest BCUT2D eigenvalue weighted by atomic mass is 32.1. The highest BCUT2D eigenvalue weighted by molar-refractivity contribution is 7.14. The topological polar surface area (TPSA) is 111 Å². The SMILES string of the molecule is O=C(COC(=O)c1ccc([N+](=O)[O-])cc1)Nc1nc(-c2ccccc2)cs1. The number of nitro groups is 1. The van der Waals surface area contributed by atoms with Crippen LogP contribution in [0.2, 0.25) is 0 Å². The number of nitro benzene ring substituents is 1. The third-order valence-electron chi connectivity index (χ3n) is 3.47. The molecule has 0 aliphatic heterocycles. The first-order chi connectivity index (χ1) is 13.0. The molecule has 0 saturated carbocycles. The number of benzene rings is 2. The van der Waals surface area contributed by atoms with Gasteiger partial charge in [-0.3, -0.25) is 20.2 Å². The lowest BCUT2D eigenvalue weighted by atomic mass is 10.2. The summed E-state index contributed by atoms with van der Waals surface area (Å²) in [6.45, 7) is -0.490. The molecular weight excluding hydrogens is 370 g/mol. The minimum absolute atomic E-state index is 0.119. The van der Waals surface area contributed by atoms with E-state index in [2.05, 4.69) is 10.3 Å². The molecule has 0 spiro atoms. The molecule has 3 rings (SSSR count). The standard InChI is InChI=1S/C18H13N3O5S/c22-16(10-26-17(23)13-6-8-14(9-7-13)21(24)25)20-18-19-15(11-27-18)12-4-2-1-3-5-12/h1-9,11H,10H2,(H,19,20,22). The Kier molecular flexibility index (Phi) is 5.53. The third kappa shape index (κ3) is 4.73. The van der Waals surface area contributed by atoms with Gasteiger partial charge in [0.25, 0.3) is 11.6 Å². The van der Waals surface area contributed by atoms with Crippen molar-refractivity contribution in [1.29, 1.82) is 0 Å². The first-order valence-electron chi connectivity index (χ1n) is 7.75. The maximum atomic E-state index is 11.9. The fraction of sp³-hybridized carbons (Fsp3) is 0.0556. The van der Waals surface area contributed by atoms with Crippen LogP contribution in [0.1, 0.15) is 10.4 Å². The van der Waals surface area contributed by atoms with Crippen LogP contribution in [-0.2, 0) is 9.53 Å². The molecule has 0 fully saturated rings. The van der Waals surface area contributed by atoms with Gasteiger partial charge >= 0.3 is 5.97 Å². The number of carbonyl (C=O) groups excluding carboxylic acids is 2. The number of thiazole rings is 1. The number of ether oxygens (including phenoxy) is 1. The average Bonchev–Trinajstić information content (AvgIpc) is 3.15. The molecule has 1 aromatic heterocycles. The van der Waals surface area contributed by atoms with Crippen molar-refractivity contribution in [3.8, 4) is 11.3 Å². The van der Waals surface area contributed by atoms with E-state index in [1.807, 2.05) is 35.7 Å². The van der Waals surface area contributed by atoms with Crippen LogP contribution in [0, 0.1) is 10.1 Å². The van der Waals surface area contributed by atoms with E-state index in [1.165, 1.54) is 35.6 Å². The van der Waals surface area contributed by atoms with Crippen molar-refractivity contribution in [3.05, 3.63) is 75.7 Å². The summed E-state index contributed by atoms with van der Waals surface area (Å²) in [6.07, 6.45) is 0. The summed E-state index contributed by atoms with van der Waals surface area (Å²) < 4.78 is 4.91. The molecule has 8 nitrogen and oxygen atoms in total. The van der Waals surface area contributed by atoms with E-state index < -0.39 is 23.4 Å². The molecule has 0 aliphatic carbocycles. The number of nitrogens with zero attached hydrogens (tertiary/aromatic N) is 2. The van der Waals surface area contributed by atoms with Crippen LogP contribution < -0.4 is 5.32 Å². The van der Waals surface area contributed by atoms with Crippen molar-refractivity contribution in [1.82, 2.24) is 4.98 Å². The summed E-state index contributed by atoms with van der Waals surface area (Å²) in [4.78, 5) is 38.2. The van der Waals surface area contributed by atoms with Gasteiger partial charge < -0.3 is 4.74 Å². The zero-order chi connectivity index (χ0) is 19.2. The fourth-order valence-corrected chi connectivity index (χ4v) is 2.90. The van der Waals surface area contributed by atoms with E-state index in [0.29, 0.717) is 5.13 Å². The first-order valence-corrected chi connectivity index (χ1v) is 8.63. The molecule has 3 aromatic rings. The number of carbonyl (C=O) groups is 2. The molecule has 2 aromatic carbocycles. The minimum Gasteiger partial charge on any atom is -0.452 e. The van der Waals surface area contributed by atoms with Crippen LogP contribution in [0.15, 0.2) is 60.0 Å². The van der Waals surface area contributed by atoms with E-state index in [0.717, 1.165) is 11.3 Å². The number of esters is 1. The largest absolute Gasteiger partial charge is 0.452 e. The van der Waals surface area contributed by atoms with Crippen molar-refractivity contribution in [2.24, 2.45) is 0 Å². The Morgan fingerprint density at radius 1 is 1.11 bits per heavy atom. The summed E-state index contributed by atoms with van der Waals surface area (Å²) in [7, 11) is 0. The zero-order valence-electron chi connectivity index (χ0n) is 13.8. The second-order valence-corrected chi connectivity index (χ2v) is 6.19. The van der Waals surface area contributed by atoms with Gasteiger partial charge in [-0.05, 0) is 12.1 Å². The number of aromatic nitrogens is 1. The Balaban J connectivity index is 1.53. The molecule has 1 N–H and O–H groups in total. The summed E-state index contributed by atoms with van der Waals surface area (Å²) >= 11 is 1.26. The number of non-ortho nitro benzene ring substituents is 1. The Morgan fingerprint density at radius 2 is 1.81 bits per heavy atom. The molecule has 0 bridgehead atoms. The van der Waals surface area contributed by atoms with Crippen LogP contribution in [0.3, 0.4) is 0 Å². The van der Waals surface area contributed by atoms with Crippen LogP contribution in [0.4, 0.5) is 10.8 Å². The zero-order valence-corrected chi connectivity index (χ0v) is 14.6. The van der Waals surface area contributed by atoms with Gasteiger partial charge in [0.2, 0.25) is 0 Å². The molecule has 9 heteroatoms. The Hall–Kier alpha value is -3.59. The van der Waals surface area contributed by atoms with Crippen molar-refractivity contribution >= 4 is 34.0 Å². The van der Waals surface area contributed by atoms with Crippen LogP contribution in [0.5, 0.6) is 0 Å². The van der Waals surface area contributed by atoms with Gasteiger partial charge in [-0.2, -0.15) is 0 Å². The Bertz CT molecular complexity index is 970. The lowest BCUT2D eigenvalue weighted by Gasteiger charge is -2.04. The molecule has 0 radical (unpaired) electrons. The second-order valence-electron chi connectivity index (χ2n) is 5.33. The number of hydrogen-bond acceptors (Lipinski definition) is 7. The van der Waals surface area contributed by atoms with E-state index in [1.54, 1.807) is 0 Å². The Labute approximate surface area is 157 Å². The molecule has 136 valence electrons. The normalized spacial score (nSPS) is 10.2. The van der Waals surface area contributed by atoms with Gasteiger partial charge in [-0.15, -0.1) is 11.3 Å². The molecular formula is C18H13N3O5S. The van der Waals surface area contributed by atoms with Gasteiger partial charge in [-0.1, -0.05) is 30.3 Å². The molecule has 0 atom stereocenters. The highest BCUT2D eigenvalue weighted by Crippen LogP contribution is 2.24. The second kappa shape index (κ2) is 8.19. The summed E-state index contributed by atoms with van der Waals surface area (Å²) in [5, 5.41) is 15.4. The molecule has 1 heterocycles. The van der Waals surface area contributed by atoms with E-state index in [-0.39, 0.29) is 11.3 Å². The van der Waals surface area contributed by atoms with Crippen LogP contribution >= 0.6 is 11.3 Å². The lowest BCUT2D eigenvalue weighted by Crippen LogP contribution is -2.20. The Morgan fingerprint density at radius 3 is 2.48 bits per heavy atom. The van der Waals surface area contributed by atoms with Gasteiger partial charge in [0.1, 0.15) is 0 Å². The predicted molar refractivity (Wildman–Crippen MR) is 99.6 cm³/mol. The maximum Gasteiger partial charge on any atom is 0.338 e. The van der Waals surface area contributed by atoms with Gasteiger partial charge in [0.15, 0.2) is 11.7 Å². The first kappa shape index (κ1) is 18.2. The van der Waals surface area contributed by atoms with Crippen molar-refractivity contribution in [2.45, 2.75) is 0 Å². The average molecular weight is 383 g/mol. The van der Waals surface area contributed by atoms with Crippen molar-refractivity contribution in [2.75, 3.05) is 11.9 Å². The summed E-state index contributed by atoms with van der Waals surface area (Å²) in [5.74, 6) is -1.27. The van der Waals surface area contributed by atoms with Gasteiger partial charge in [0.05, 0.1) is 16.2 Å². The number of amides is 1. The number of nitrogens with one attached hydrogen (secondary N) is 1. The van der Waals surface area contributed by atoms with E-state index in [4.69, 9.17) is 4.74 Å². The van der Waals surface area contributed by atoms with Crippen molar-refractivity contribution < 1.29 is 19.2 Å². The monoisotopic (exact) mass is 383 g/mol. The molecule has 0 saturated heterocycles. The smallest absolute Gasteiger partial charge is 0.338 e. The maximum absolute atomic E-state index is 11.9. The molecule has 1 amide bonds. The fourth-order valence-electron chi connectivity index (χ4n) is 2.16. The minimum atomic E-state index is -0.746. The molecule has 27 heavy (non-hydrogen) atoms. The summed E-state index contributed by atoms with van der Waals surface area (Å²) in [6, 6.07) is 14.4.